The first-order valence-corrected chi connectivity index (χ1v) is 2.93. The second kappa shape index (κ2) is 15.7. The van der Waals surface area contributed by atoms with Crippen LogP contribution in [0.25, 0.3) is 0 Å². The van der Waals surface area contributed by atoms with Crippen molar-refractivity contribution in [1.29, 1.82) is 0 Å². The van der Waals surface area contributed by atoms with Crippen molar-refractivity contribution in [2.45, 2.75) is 25.0 Å². The molecule has 0 rings (SSSR count). The second-order valence-electron chi connectivity index (χ2n) is 1.14. The van der Waals surface area contributed by atoms with Gasteiger partial charge in [0.15, 0.2) is 0 Å². The van der Waals surface area contributed by atoms with Crippen LogP contribution in [-0.2, 0) is 0 Å². The van der Waals surface area contributed by atoms with Crippen molar-refractivity contribution in [1.82, 2.24) is 0 Å². The van der Waals surface area contributed by atoms with Gasteiger partial charge in [-0.05, 0) is 0 Å². The molecule has 0 N–H and O–H groups in total. The molecule has 0 aromatic rings. The molecule has 0 bridgehead atoms. The van der Waals surface area contributed by atoms with Gasteiger partial charge in [0.1, 0.15) is 0 Å². The van der Waals surface area contributed by atoms with E-state index in [1.807, 2.05) is 0 Å². The predicted octanol–water partition coefficient (Wildman–Crippen LogP) is -4.62. The quantitative estimate of drug-likeness (QED) is 0.352. The Bertz CT molecular complexity index is 17.2. The van der Waals surface area contributed by atoms with E-state index in [1.54, 1.807) is 0 Å². The predicted molar refractivity (Wildman–Crippen MR) is 25.5 cm³/mol. The Labute approximate surface area is 66.3 Å². The minimum Gasteiger partial charge on any atom is -1.00 e. The molecule has 0 aliphatic heterocycles. The third-order valence-electron chi connectivity index (χ3n) is 0.558. The van der Waals surface area contributed by atoms with Crippen LogP contribution < -0.4 is 24.8 Å². The molecule has 0 saturated heterocycles. The number of halogens is 2. The van der Waals surface area contributed by atoms with Gasteiger partial charge >= 0.3 is 41.3 Å². The Morgan fingerprint density at radius 3 is 1.71 bits per heavy atom. The van der Waals surface area contributed by atoms with Crippen LogP contribution in [0.1, 0.15) is 19.8 Å². The van der Waals surface area contributed by atoms with Crippen molar-refractivity contribution >= 4 is 16.3 Å². The van der Waals surface area contributed by atoms with E-state index >= 15 is 0 Å². The number of hydrogen-bond donors (Lipinski definition) is 0. The average molecular weight is 155 g/mol. The van der Waals surface area contributed by atoms with E-state index in [2.05, 4.69) is 23.2 Å². The first kappa shape index (κ1) is 15.7. The molecule has 3 heteroatoms. The molecule has 0 atom stereocenters. The van der Waals surface area contributed by atoms with Crippen LogP contribution in [0.4, 0.5) is 0 Å². The van der Waals surface area contributed by atoms with E-state index in [4.69, 9.17) is 0 Å². The monoisotopic (exact) mass is 154 g/mol. The zero-order valence-electron chi connectivity index (χ0n) is 4.45. The summed E-state index contributed by atoms with van der Waals surface area (Å²) < 4.78 is 0. The summed E-state index contributed by atoms with van der Waals surface area (Å²) in [5.41, 5.74) is 0. The molecule has 0 amide bonds. The Morgan fingerprint density at radius 2 is 1.71 bits per heavy atom. The molecule has 0 aromatic heterocycles. The van der Waals surface area contributed by atoms with Crippen molar-refractivity contribution in [3.8, 4) is 0 Å². The zero-order chi connectivity index (χ0) is 4.12. The SMILES string of the molecule is CCC[CH2][Al+2].[Cl-].[Cl-]. The van der Waals surface area contributed by atoms with E-state index in [-0.39, 0.29) is 24.8 Å². The van der Waals surface area contributed by atoms with Gasteiger partial charge in [-0.3, -0.25) is 0 Å². The van der Waals surface area contributed by atoms with Crippen LogP contribution in [0.2, 0.25) is 5.28 Å². The van der Waals surface area contributed by atoms with E-state index in [0.29, 0.717) is 0 Å². The summed E-state index contributed by atoms with van der Waals surface area (Å²) in [6.07, 6.45) is 2.67. The summed E-state index contributed by atoms with van der Waals surface area (Å²) >= 11 is 2.70. The van der Waals surface area contributed by atoms with Gasteiger partial charge in [0.2, 0.25) is 0 Å². The van der Waals surface area contributed by atoms with Crippen LogP contribution in [0, 0.1) is 0 Å². The molecule has 0 aliphatic carbocycles. The molecule has 0 saturated carbocycles. The standard InChI is InChI=1S/C4H9.Al.2ClH/c1-3-4-2;;;/h1,3-4H2,2H3;;2*1H/q;+2;;/p-2. The van der Waals surface area contributed by atoms with Crippen LogP contribution in [0.3, 0.4) is 0 Å². The van der Waals surface area contributed by atoms with Crippen molar-refractivity contribution in [2.24, 2.45) is 0 Å². The smallest absolute Gasteiger partial charge is 1.00 e. The van der Waals surface area contributed by atoms with E-state index in [9.17, 15) is 0 Å². The molecule has 0 fully saturated rings. The fourth-order valence-electron chi connectivity index (χ4n) is 0.204. The fraction of sp³-hybridized carbons (Fsp3) is 1.00. The molecule has 0 nitrogen and oxygen atoms in total. The van der Waals surface area contributed by atoms with Crippen molar-refractivity contribution < 1.29 is 24.8 Å². The third-order valence-corrected chi connectivity index (χ3v) is 0.966. The van der Waals surface area contributed by atoms with Gasteiger partial charge in [-0.15, -0.1) is 0 Å². The largest absolute Gasteiger partial charge is 1.00 e. The normalized spacial score (nSPS) is 6.14. The van der Waals surface area contributed by atoms with E-state index in [1.165, 1.54) is 18.1 Å². The number of hydrogen-bond acceptors (Lipinski definition) is 0. The van der Waals surface area contributed by atoms with Crippen LogP contribution in [0.5, 0.6) is 0 Å². The van der Waals surface area contributed by atoms with E-state index in [0.717, 1.165) is 0 Å². The maximum atomic E-state index is 2.70. The van der Waals surface area contributed by atoms with Gasteiger partial charge in [0.25, 0.3) is 0 Å². The molecule has 0 spiro atoms. The molecule has 7 heavy (non-hydrogen) atoms. The molecular formula is C4H9AlCl2. The molecular weight excluding hydrogens is 146 g/mol. The molecule has 0 unspecified atom stereocenters. The number of unbranched alkanes of at least 4 members (excludes halogenated alkanes) is 1. The van der Waals surface area contributed by atoms with Gasteiger partial charge in [0.05, 0.1) is 0 Å². The molecule has 0 radical (unpaired) electrons. The Morgan fingerprint density at radius 1 is 1.29 bits per heavy atom. The Balaban J connectivity index is -0.0000000800. The van der Waals surface area contributed by atoms with Gasteiger partial charge in [-0.1, -0.05) is 0 Å². The minimum atomic E-state index is 0. The van der Waals surface area contributed by atoms with Crippen molar-refractivity contribution in [3.63, 3.8) is 0 Å². The maximum Gasteiger partial charge on any atom is -1.00 e. The first-order chi connectivity index (χ1) is 2.41. The number of rotatable bonds is 2. The summed E-state index contributed by atoms with van der Waals surface area (Å²) in [4.78, 5) is 0. The van der Waals surface area contributed by atoms with Crippen LogP contribution >= 0.6 is 0 Å². The van der Waals surface area contributed by atoms with Crippen LogP contribution in [-0.4, -0.2) is 16.3 Å². The molecule has 0 aromatic carbocycles. The summed E-state index contributed by atoms with van der Waals surface area (Å²) in [5, 5.41) is 1.26. The maximum absolute atomic E-state index is 2.70. The van der Waals surface area contributed by atoms with Crippen molar-refractivity contribution in [2.75, 3.05) is 0 Å². The van der Waals surface area contributed by atoms with Gasteiger partial charge in [-0.2, -0.15) is 0 Å². The summed E-state index contributed by atoms with van der Waals surface area (Å²) in [7, 11) is 0. The summed E-state index contributed by atoms with van der Waals surface area (Å²) in [5.74, 6) is 0. The Hall–Kier alpha value is 1.11. The topological polar surface area (TPSA) is 0 Å². The molecule has 0 heterocycles. The van der Waals surface area contributed by atoms with E-state index < -0.39 is 0 Å². The first-order valence-electron chi connectivity index (χ1n) is 2.12. The van der Waals surface area contributed by atoms with Gasteiger partial charge in [-0.25, -0.2) is 0 Å². The average Bonchev–Trinajstić information content (AvgIpc) is 1.41. The molecule has 0 aliphatic rings. The second-order valence-corrected chi connectivity index (χ2v) is 1.72. The minimum absolute atomic E-state index is 0. The molecule has 42 valence electrons. The summed E-state index contributed by atoms with van der Waals surface area (Å²) in [6.45, 7) is 2.20. The van der Waals surface area contributed by atoms with Gasteiger partial charge < -0.3 is 24.8 Å². The van der Waals surface area contributed by atoms with Gasteiger partial charge in [0, 0.05) is 0 Å². The fourth-order valence-corrected chi connectivity index (χ4v) is 0.612. The van der Waals surface area contributed by atoms with Crippen molar-refractivity contribution in [3.05, 3.63) is 0 Å². The summed E-state index contributed by atoms with van der Waals surface area (Å²) in [6, 6.07) is 0. The third kappa shape index (κ3) is 19.2. The van der Waals surface area contributed by atoms with Crippen LogP contribution in [0.15, 0.2) is 0 Å². The Kier molecular flexibility index (Phi) is 35.2. The zero-order valence-corrected chi connectivity index (χ0v) is 7.12.